The molecule has 3 aromatic rings. The van der Waals surface area contributed by atoms with Crippen LogP contribution in [0.25, 0.3) is 0 Å². The lowest BCUT2D eigenvalue weighted by Crippen LogP contribution is -2.14. The molecule has 0 bridgehead atoms. The van der Waals surface area contributed by atoms with Crippen LogP contribution in [0.2, 0.25) is 0 Å². The maximum absolute atomic E-state index is 12.7. The van der Waals surface area contributed by atoms with Crippen LogP contribution in [0.3, 0.4) is 0 Å². The third-order valence-corrected chi connectivity index (χ3v) is 6.31. The molecular weight excluding hydrogens is 418 g/mol. The van der Waals surface area contributed by atoms with Gasteiger partial charge in [-0.1, -0.05) is 35.4 Å². The van der Waals surface area contributed by atoms with Crippen LogP contribution < -0.4 is 10.0 Å². The first kappa shape index (κ1) is 21.4. The van der Waals surface area contributed by atoms with E-state index in [9.17, 15) is 13.2 Å². The van der Waals surface area contributed by atoms with Crippen molar-refractivity contribution < 1.29 is 13.2 Å². The number of carbonyl (C=O) groups excluding carboxylic acids is 1. The number of thioether (sulfide) groups is 1. The van der Waals surface area contributed by atoms with Gasteiger partial charge in [0, 0.05) is 16.1 Å². The molecule has 0 saturated heterocycles. The number of thiocyanates is 1. The number of nitriles is 1. The number of hydrogen-bond donors (Lipinski definition) is 2. The summed E-state index contributed by atoms with van der Waals surface area (Å²) in [6, 6.07) is 18.3. The number of nitrogens with one attached hydrogen (secondary N) is 2. The minimum absolute atomic E-state index is 0.123. The van der Waals surface area contributed by atoms with Gasteiger partial charge in [0.25, 0.3) is 15.9 Å². The Morgan fingerprint density at radius 1 is 0.933 bits per heavy atom. The topological polar surface area (TPSA) is 99.1 Å². The molecule has 0 heterocycles. The Kier molecular flexibility index (Phi) is 6.45. The van der Waals surface area contributed by atoms with Crippen LogP contribution in [0.5, 0.6) is 0 Å². The molecule has 0 unspecified atom stereocenters. The van der Waals surface area contributed by atoms with Gasteiger partial charge in [0.1, 0.15) is 5.40 Å². The normalized spacial score (nSPS) is 10.8. The molecule has 3 aromatic carbocycles. The zero-order valence-corrected chi connectivity index (χ0v) is 18.0. The van der Waals surface area contributed by atoms with Crippen molar-refractivity contribution in [3.63, 3.8) is 0 Å². The number of aryl methyl sites for hydroxylation is 2. The summed E-state index contributed by atoms with van der Waals surface area (Å²) in [6.45, 7) is 3.80. The molecule has 6 nitrogen and oxygen atoms in total. The molecule has 0 aromatic heterocycles. The summed E-state index contributed by atoms with van der Waals surface area (Å²) in [4.78, 5) is 12.9. The van der Waals surface area contributed by atoms with Crippen LogP contribution in [-0.4, -0.2) is 14.3 Å². The number of nitrogens with zero attached hydrogens (tertiary/aromatic N) is 1. The van der Waals surface area contributed by atoms with Crippen molar-refractivity contribution in [2.45, 2.75) is 23.6 Å². The van der Waals surface area contributed by atoms with Crippen LogP contribution in [-0.2, 0) is 10.0 Å². The van der Waals surface area contributed by atoms with Gasteiger partial charge in [0.05, 0.1) is 10.6 Å². The number of hydrogen-bond acceptors (Lipinski definition) is 5. The highest BCUT2D eigenvalue weighted by Crippen LogP contribution is 2.31. The number of rotatable bonds is 6. The molecule has 152 valence electrons. The predicted molar refractivity (Wildman–Crippen MR) is 119 cm³/mol. The highest BCUT2D eigenvalue weighted by Gasteiger charge is 2.17. The third-order valence-electron chi connectivity index (χ3n) is 4.28. The summed E-state index contributed by atoms with van der Waals surface area (Å²) in [6.07, 6.45) is 0. The molecular formula is C22H19N3O3S2. The SMILES string of the molecule is Cc1ccc(C(=O)Nc2ccc(NS(=O)(=O)c3ccc(C)cc3)c(SC#N)c2)cc1. The highest BCUT2D eigenvalue weighted by molar-refractivity contribution is 8.04. The Morgan fingerprint density at radius 3 is 2.13 bits per heavy atom. The maximum atomic E-state index is 12.7. The molecule has 8 heteroatoms. The molecule has 3 rings (SSSR count). The summed E-state index contributed by atoms with van der Waals surface area (Å²) >= 11 is 0.807. The maximum Gasteiger partial charge on any atom is 0.261 e. The van der Waals surface area contributed by atoms with Crippen LogP contribution in [0.4, 0.5) is 11.4 Å². The summed E-state index contributed by atoms with van der Waals surface area (Å²) < 4.78 is 27.9. The van der Waals surface area contributed by atoms with Crippen molar-refractivity contribution in [1.82, 2.24) is 0 Å². The van der Waals surface area contributed by atoms with E-state index in [0.717, 1.165) is 22.9 Å². The van der Waals surface area contributed by atoms with Crippen LogP contribution in [0.15, 0.2) is 76.5 Å². The zero-order chi connectivity index (χ0) is 21.7. The Morgan fingerprint density at radius 2 is 1.53 bits per heavy atom. The molecule has 0 aliphatic rings. The third kappa shape index (κ3) is 5.20. The summed E-state index contributed by atoms with van der Waals surface area (Å²) in [5, 5.41) is 13.8. The van der Waals surface area contributed by atoms with E-state index >= 15 is 0 Å². The van der Waals surface area contributed by atoms with Crippen molar-refractivity contribution in [2.75, 3.05) is 10.0 Å². The predicted octanol–water partition coefficient (Wildman–Crippen LogP) is 4.93. The largest absolute Gasteiger partial charge is 0.322 e. The van der Waals surface area contributed by atoms with E-state index in [4.69, 9.17) is 5.26 Å². The van der Waals surface area contributed by atoms with Gasteiger partial charge in [-0.15, -0.1) is 0 Å². The molecule has 0 radical (unpaired) electrons. The lowest BCUT2D eigenvalue weighted by molar-refractivity contribution is 0.102. The van der Waals surface area contributed by atoms with Gasteiger partial charge in [0.2, 0.25) is 0 Å². The van der Waals surface area contributed by atoms with Crippen LogP contribution in [0, 0.1) is 24.5 Å². The van der Waals surface area contributed by atoms with Crippen LogP contribution >= 0.6 is 11.8 Å². The fourth-order valence-electron chi connectivity index (χ4n) is 2.65. The second-order valence-electron chi connectivity index (χ2n) is 6.64. The summed E-state index contributed by atoms with van der Waals surface area (Å²) in [7, 11) is -3.81. The van der Waals surface area contributed by atoms with Crippen molar-refractivity contribution in [2.24, 2.45) is 0 Å². The van der Waals surface area contributed by atoms with Crippen LogP contribution in [0.1, 0.15) is 21.5 Å². The van der Waals surface area contributed by atoms with E-state index in [0.29, 0.717) is 16.1 Å². The van der Waals surface area contributed by atoms with E-state index in [1.807, 2.05) is 31.4 Å². The molecule has 2 N–H and O–H groups in total. The zero-order valence-electron chi connectivity index (χ0n) is 16.3. The van der Waals surface area contributed by atoms with Gasteiger partial charge >= 0.3 is 0 Å². The lowest BCUT2D eigenvalue weighted by Gasteiger charge is -2.13. The Balaban J connectivity index is 1.84. The minimum Gasteiger partial charge on any atom is -0.322 e. The highest BCUT2D eigenvalue weighted by atomic mass is 32.2. The van der Waals surface area contributed by atoms with Gasteiger partial charge in [0.15, 0.2) is 0 Å². The first-order valence-electron chi connectivity index (χ1n) is 8.96. The molecule has 0 aliphatic heterocycles. The first-order valence-corrected chi connectivity index (χ1v) is 11.3. The fraction of sp³-hybridized carbons (Fsp3) is 0.0909. The van der Waals surface area contributed by atoms with E-state index in [2.05, 4.69) is 10.0 Å². The minimum atomic E-state index is -3.81. The van der Waals surface area contributed by atoms with Crippen molar-refractivity contribution in [1.29, 1.82) is 5.26 Å². The Labute approximate surface area is 180 Å². The first-order chi connectivity index (χ1) is 14.3. The van der Waals surface area contributed by atoms with Gasteiger partial charge < -0.3 is 5.32 Å². The molecule has 30 heavy (non-hydrogen) atoms. The van der Waals surface area contributed by atoms with E-state index in [1.165, 1.54) is 18.2 Å². The van der Waals surface area contributed by atoms with E-state index < -0.39 is 10.0 Å². The smallest absolute Gasteiger partial charge is 0.261 e. The number of anilines is 2. The molecule has 0 aliphatic carbocycles. The Hall–Kier alpha value is -3.28. The van der Waals surface area contributed by atoms with Gasteiger partial charge in [-0.25, -0.2) is 8.42 Å². The summed E-state index contributed by atoms with van der Waals surface area (Å²) in [5.74, 6) is -0.295. The average Bonchev–Trinajstić information content (AvgIpc) is 2.71. The molecule has 0 spiro atoms. The molecule has 0 fully saturated rings. The average molecular weight is 438 g/mol. The van der Waals surface area contributed by atoms with E-state index in [1.54, 1.807) is 36.4 Å². The number of carbonyl (C=O) groups is 1. The van der Waals surface area contributed by atoms with Gasteiger partial charge in [-0.05, 0) is 68.1 Å². The van der Waals surface area contributed by atoms with Crippen molar-refractivity contribution >= 4 is 39.1 Å². The van der Waals surface area contributed by atoms with Crippen molar-refractivity contribution in [3.8, 4) is 5.40 Å². The number of benzene rings is 3. The molecule has 0 saturated carbocycles. The van der Waals surface area contributed by atoms with E-state index in [-0.39, 0.29) is 16.5 Å². The fourth-order valence-corrected chi connectivity index (χ4v) is 4.30. The van der Waals surface area contributed by atoms with Gasteiger partial charge in [-0.2, -0.15) is 5.26 Å². The standard InChI is InChI=1S/C22H19N3O3S2/c1-15-3-7-17(8-4-15)22(26)24-18-9-12-20(21(13-18)29-14-23)25-30(27,28)19-10-5-16(2)6-11-19/h3-13,25H,1-2H3,(H,24,26). The second-order valence-corrected chi connectivity index (χ2v) is 9.15. The monoisotopic (exact) mass is 437 g/mol. The number of amides is 1. The van der Waals surface area contributed by atoms with Crippen molar-refractivity contribution in [3.05, 3.63) is 83.4 Å². The molecule has 0 atom stereocenters. The number of sulfonamides is 1. The quantitative estimate of drug-likeness (QED) is 0.421. The Bertz CT molecular complexity index is 1210. The lowest BCUT2D eigenvalue weighted by atomic mass is 10.1. The summed E-state index contributed by atoms with van der Waals surface area (Å²) in [5.41, 5.74) is 3.21. The second kappa shape index (κ2) is 9.03. The van der Waals surface area contributed by atoms with Gasteiger partial charge in [-0.3, -0.25) is 9.52 Å². The molecule has 1 amide bonds.